The lowest BCUT2D eigenvalue weighted by atomic mass is 10.1. The maximum atomic E-state index is 14.6. The normalized spacial score (nSPS) is 14.7. The van der Waals surface area contributed by atoms with Crippen LogP contribution in [0.1, 0.15) is 46.5 Å². The van der Waals surface area contributed by atoms with Crippen molar-refractivity contribution < 1.29 is 33.0 Å². The molecule has 1 N–H and O–H groups in total. The van der Waals surface area contributed by atoms with E-state index in [2.05, 4.69) is 5.32 Å². The maximum absolute atomic E-state index is 14.6. The Kier molecular flexibility index (Phi) is 9.41. The molecule has 9 nitrogen and oxygen atoms in total. The summed E-state index contributed by atoms with van der Waals surface area (Å²) < 4.78 is 24.5. The van der Waals surface area contributed by atoms with Gasteiger partial charge in [-0.05, 0) is 80.7 Å². The summed E-state index contributed by atoms with van der Waals surface area (Å²) in [5, 5.41) is 2.82. The molecule has 1 fully saturated rings. The summed E-state index contributed by atoms with van der Waals surface area (Å²) >= 11 is 5.65. The summed E-state index contributed by atoms with van der Waals surface area (Å²) in [6.07, 6.45) is -0.273. The number of carbonyl (C=O) groups excluding carboxylic acids is 4. The Labute approximate surface area is 241 Å². The molecule has 0 aromatic heterocycles. The van der Waals surface area contributed by atoms with E-state index in [1.807, 2.05) is 0 Å². The van der Waals surface area contributed by atoms with Crippen LogP contribution in [-0.2, 0) is 25.6 Å². The number of anilines is 2. The standard InChI is InChI=1S/C30H28FN3O6S/c1-3-39-28(37)19-9-13-22(14-10-19)32-26(35)17-25-27(36)34(23-15-11-20(12-16-23)29(38)40-4-2)30(41)33(25)18-21-7-5-6-8-24(21)31/h5-16,25H,3-4,17-18H2,1-2H3,(H,32,35). The highest BCUT2D eigenvalue weighted by atomic mass is 32.1. The molecule has 41 heavy (non-hydrogen) atoms. The fourth-order valence-electron chi connectivity index (χ4n) is 4.31. The van der Waals surface area contributed by atoms with Gasteiger partial charge in [0.05, 0.1) is 36.4 Å². The lowest BCUT2D eigenvalue weighted by Gasteiger charge is -2.24. The average Bonchev–Trinajstić information content (AvgIpc) is 3.18. The molecule has 0 spiro atoms. The van der Waals surface area contributed by atoms with Gasteiger partial charge in [-0.2, -0.15) is 0 Å². The molecule has 3 aromatic carbocycles. The zero-order chi connectivity index (χ0) is 29.5. The molecule has 1 unspecified atom stereocenters. The minimum absolute atomic E-state index is 0.0408. The lowest BCUT2D eigenvalue weighted by Crippen LogP contribution is -2.37. The van der Waals surface area contributed by atoms with E-state index in [1.54, 1.807) is 56.3 Å². The first-order valence-electron chi connectivity index (χ1n) is 13.0. The molecule has 1 aliphatic rings. The summed E-state index contributed by atoms with van der Waals surface area (Å²) in [6.45, 7) is 3.83. The summed E-state index contributed by atoms with van der Waals surface area (Å²) in [5.41, 5.74) is 1.76. The molecule has 2 amide bonds. The quantitative estimate of drug-likeness (QED) is 0.273. The van der Waals surface area contributed by atoms with E-state index in [9.17, 15) is 23.6 Å². The number of ether oxygens (including phenoxy) is 2. The van der Waals surface area contributed by atoms with E-state index in [0.717, 1.165) is 0 Å². The number of amides is 2. The van der Waals surface area contributed by atoms with Gasteiger partial charge >= 0.3 is 11.9 Å². The first-order chi connectivity index (χ1) is 19.7. The van der Waals surface area contributed by atoms with Crippen LogP contribution in [-0.4, -0.2) is 53.0 Å². The van der Waals surface area contributed by atoms with Crippen molar-refractivity contribution in [2.75, 3.05) is 23.4 Å². The minimum Gasteiger partial charge on any atom is -0.462 e. The van der Waals surface area contributed by atoms with Crippen molar-refractivity contribution in [1.82, 2.24) is 4.90 Å². The largest absolute Gasteiger partial charge is 0.462 e. The number of hydrogen-bond acceptors (Lipinski definition) is 7. The third-order valence-corrected chi connectivity index (χ3v) is 6.73. The number of hydrogen-bond donors (Lipinski definition) is 1. The number of esters is 2. The second-order valence-electron chi connectivity index (χ2n) is 9.01. The molecule has 1 atom stereocenters. The number of benzene rings is 3. The highest BCUT2D eigenvalue weighted by Gasteiger charge is 2.44. The van der Waals surface area contributed by atoms with Gasteiger partial charge in [0.25, 0.3) is 5.91 Å². The molecule has 0 radical (unpaired) electrons. The monoisotopic (exact) mass is 577 g/mol. The van der Waals surface area contributed by atoms with Crippen molar-refractivity contribution in [2.45, 2.75) is 32.9 Å². The van der Waals surface area contributed by atoms with E-state index in [-0.39, 0.29) is 31.3 Å². The summed E-state index contributed by atoms with van der Waals surface area (Å²) in [4.78, 5) is 53.5. The fourth-order valence-corrected chi connectivity index (χ4v) is 4.70. The van der Waals surface area contributed by atoms with Crippen LogP contribution in [0, 0.1) is 5.82 Å². The van der Waals surface area contributed by atoms with Crippen LogP contribution >= 0.6 is 12.2 Å². The summed E-state index contributed by atoms with van der Waals surface area (Å²) in [5.74, 6) is -2.39. The van der Waals surface area contributed by atoms with Crippen LogP contribution < -0.4 is 10.2 Å². The van der Waals surface area contributed by atoms with Gasteiger partial charge in [0.2, 0.25) is 5.91 Å². The predicted molar refractivity (Wildman–Crippen MR) is 154 cm³/mol. The minimum atomic E-state index is -1.02. The Bertz CT molecular complexity index is 1460. The van der Waals surface area contributed by atoms with Crippen LogP contribution in [0.4, 0.5) is 15.8 Å². The fraction of sp³-hybridized carbons (Fsp3) is 0.233. The lowest BCUT2D eigenvalue weighted by molar-refractivity contribution is -0.124. The zero-order valence-corrected chi connectivity index (χ0v) is 23.3. The van der Waals surface area contributed by atoms with Crippen molar-refractivity contribution in [1.29, 1.82) is 0 Å². The summed E-state index contributed by atoms with van der Waals surface area (Å²) in [6, 6.07) is 17.4. The molecular formula is C30H28FN3O6S. The summed E-state index contributed by atoms with van der Waals surface area (Å²) in [7, 11) is 0. The van der Waals surface area contributed by atoms with E-state index in [4.69, 9.17) is 21.7 Å². The molecule has 212 valence electrons. The van der Waals surface area contributed by atoms with Gasteiger partial charge < -0.3 is 19.7 Å². The van der Waals surface area contributed by atoms with E-state index in [1.165, 1.54) is 40.1 Å². The highest BCUT2D eigenvalue weighted by Crippen LogP contribution is 2.30. The van der Waals surface area contributed by atoms with Crippen LogP contribution in [0.25, 0.3) is 0 Å². The molecule has 1 saturated heterocycles. The van der Waals surface area contributed by atoms with E-state index < -0.39 is 35.6 Å². The smallest absolute Gasteiger partial charge is 0.338 e. The van der Waals surface area contributed by atoms with E-state index in [0.29, 0.717) is 28.1 Å². The Balaban J connectivity index is 1.56. The number of carbonyl (C=O) groups is 4. The Morgan fingerprint density at radius 2 is 1.44 bits per heavy atom. The van der Waals surface area contributed by atoms with Crippen molar-refractivity contribution >= 4 is 52.5 Å². The number of nitrogens with one attached hydrogen (secondary N) is 1. The molecule has 4 rings (SSSR count). The van der Waals surface area contributed by atoms with Crippen LogP contribution in [0.2, 0.25) is 0 Å². The van der Waals surface area contributed by atoms with Gasteiger partial charge in [-0.25, -0.2) is 14.0 Å². The molecule has 1 heterocycles. The Hall–Kier alpha value is -4.64. The van der Waals surface area contributed by atoms with Crippen molar-refractivity contribution in [3.05, 3.63) is 95.3 Å². The van der Waals surface area contributed by atoms with Crippen LogP contribution in [0.3, 0.4) is 0 Å². The molecule has 3 aromatic rings. The van der Waals surface area contributed by atoms with Crippen molar-refractivity contribution in [2.24, 2.45) is 0 Å². The maximum Gasteiger partial charge on any atom is 0.338 e. The third-order valence-electron chi connectivity index (χ3n) is 6.31. The van der Waals surface area contributed by atoms with Gasteiger partial charge in [-0.1, -0.05) is 18.2 Å². The first kappa shape index (κ1) is 29.3. The molecule has 11 heteroatoms. The van der Waals surface area contributed by atoms with Gasteiger partial charge in [-0.3, -0.25) is 14.5 Å². The number of nitrogens with zero attached hydrogens (tertiary/aromatic N) is 2. The van der Waals surface area contributed by atoms with Gasteiger partial charge in [0.1, 0.15) is 11.9 Å². The molecule has 0 aliphatic carbocycles. The second kappa shape index (κ2) is 13.1. The number of rotatable bonds is 10. The predicted octanol–water partition coefficient (Wildman–Crippen LogP) is 4.71. The molecule has 0 bridgehead atoms. The number of halogens is 1. The third kappa shape index (κ3) is 6.75. The second-order valence-corrected chi connectivity index (χ2v) is 9.37. The number of thiocarbonyl (C=S) groups is 1. The zero-order valence-electron chi connectivity index (χ0n) is 22.5. The van der Waals surface area contributed by atoms with Crippen molar-refractivity contribution in [3.63, 3.8) is 0 Å². The highest BCUT2D eigenvalue weighted by molar-refractivity contribution is 7.80. The average molecular weight is 578 g/mol. The van der Waals surface area contributed by atoms with Crippen LogP contribution in [0.15, 0.2) is 72.8 Å². The Morgan fingerprint density at radius 1 is 0.878 bits per heavy atom. The molecule has 0 saturated carbocycles. The van der Waals surface area contributed by atoms with Gasteiger partial charge in [0, 0.05) is 17.8 Å². The Morgan fingerprint density at radius 3 is 2.00 bits per heavy atom. The van der Waals surface area contributed by atoms with E-state index >= 15 is 0 Å². The SMILES string of the molecule is CCOC(=O)c1ccc(NC(=O)CC2C(=O)N(c3ccc(C(=O)OCC)cc3)C(=S)N2Cc2ccccc2F)cc1. The van der Waals surface area contributed by atoms with Gasteiger partial charge in [-0.15, -0.1) is 0 Å². The van der Waals surface area contributed by atoms with Crippen molar-refractivity contribution in [3.8, 4) is 0 Å². The van der Waals surface area contributed by atoms with Gasteiger partial charge in [0.15, 0.2) is 5.11 Å². The van der Waals surface area contributed by atoms with Crippen LogP contribution in [0.5, 0.6) is 0 Å². The molecular weight excluding hydrogens is 549 g/mol. The first-order valence-corrected chi connectivity index (χ1v) is 13.4. The molecule has 1 aliphatic heterocycles. The topological polar surface area (TPSA) is 105 Å².